The molecular weight excluding hydrogens is 297 g/mol. The van der Waals surface area contributed by atoms with Crippen LogP contribution < -0.4 is 10.5 Å². The Morgan fingerprint density at radius 3 is 2.70 bits per heavy atom. The molecule has 0 amide bonds. The van der Waals surface area contributed by atoms with Crippen molar-refractivity contribution in [2.24, 2.45) is 5.73 Å². The van der Waals surface area contributed by atoms with E-state index < -0.39 is 0 Å². The maximum Gasteiger partial charge on any atom is 0.148 e. The molecule has 1 aromatic carbocycles. The summed E-state index contributed by atoms with van der Waals surface area (Å²) in [6.07, 6.45) is 0.437. The highest BCUT2D eigenvalue weighted by molar-refractivity contribution is 7.16. The van der Waals surface area contributed by atoms with Crippen LogP contribution in [-0.4, -0.2) is 6.04 Å². The van der Waals surface area contributed by atoms with Crippen LogP contribution in [-0.2, 0) is 0 Å². The zero-order valence-corrected chi connectivity index (χ0v) is 13.0. The van der Waals surface area contributed by atoms with Crippen molar-refractivity contribution in [1.82, 2.24) is 0 Å². The second kappa shape index (κ2) is 6.57. The van der Waals surface area contributed by atoms with Gasteiger partial charge in [0.1, 0.15) is 17.7 Å². The lowest BCUT2D eigenvalue weighted by molar-refractivity contribution is 0.173. The van der Waals surface area contributed by atoms with E-state index in [1.54, 1.807) is 6.07 Å². The average Bonchev–Trinajstić information content (AvgIpc) is 2.85. The SMILES string of the molecule is CCC(N)C(Oc1cc(F)ccc1C)c1ccc(Cl)s1. The Morgan fingerprint density at radius 2 is 2.10 bits per heavy atom. The quantitative estimate of drug-likeness (QED) is 0.868. The molecule has 2 rings (SSSR count). The van der Waals surface area contributed by atoms with Gasteiger partial charge in [-0.15, -0.1) is 11.3 Å². The van der Waals surface area contributed by atoms with E-state index in [-0.39, 0.29) is 18.0 Å². The van der Waals surface area contributed by atoms with E-state index in [2.05, 4.69) is 0 Å². The third kappa shape index (κ3) is 3.51. The molecular formula is C15H17ClFNOS. The van der Waals surface area contributed by atoms with Crippen molar-refractivity contribution in [3.05, 3.63) is 50.9 Å². The standard InChI is InChI=1S/C15H17ClFNOS/c1-3-11(18)15(13-6-7-14(16)20-13)19-12-8-10(17)5-4-9(12)2/h4-8,11,15H,3,18H2,1-2H3. The summed E-state index contributed by atoms with van der Waals surface area (Å²) < 4.78 is 20.0. The molecule has 2 N–H and O–H groups in total. The van der Waals surface area contributed by atoms with Gasteiger partial charge in [-0.05, 0) is 37.1 Å². The first-order chi connectivity index (χ1) is 9.51. The first kappa shape index (κ1) is 15.3. The summed E-state index contributed by atoms with van der Waals surface area (Å²) in [7, 11) is 0. The number of thiophene rings is 1. The normalized spacial score (nSPS) is 14.1. The number of aryl methyl sites for hydroxylation is 1. The molecule has 2 nitrogen and oxygen atoms in total. The minimum Gasteiger partial charge on any atom is -0.483 e. The molecule has 20 heavy (non-hydrogen) atoms. The summed E-state index contributed by atoms with van der Waals surface area (Å²) >= 11 is 7.41. The number of nitrogens with two attached hydrogens (primary N) is 1. The topological polar surface area (TPSA) is 35.2 Å². The highest BCUT2D eigenvalue weighted by Crippen LogP contribution is 2.33. The summed E-state index contributed by atoms with van der Waals surface area (Å²) in [5.41, 5.74) is 7.02. The average molecular weight is 314 g/mol. The summed E-state index contributed by atoms with van der Waals surface area (Å²) in [5.74, 6) is 0.196. The molecule has 0 bridgehead atoms. The molecule has 0 saturated heterocycles. The molecule has 0 saturated carbocycles. The lowest BCUT2D eigenvalue weighted by atomic mass is 10.1. The van der Waals surface area contributed by atoms with Crippen molar-refractivity contribution < 1.29 is 9.13 Å². The molecule has 0 aliphatic carbocycles. The van der Waals surface area contributed by atoms with Crippen LogP contribution in [0.4, 0.5) is 4.39 Å². The number of ether oxygens (including phenoxy) is 1. The molecule has 5 heteroatoms. The van der Waals surface area contributed by atoms with E-state index in [0.29, 0.717) is 10.1 Å². The summed E-state index contributed by atoms with van der Waals surface area (Å²) in [5, 5.41) is 0. The van der Waals surface area contributed by atoms with Crippen molar-refractivity contribution in [2.75, 3.05) is 0 Å². The highest BCUT2D eigenvalue weighted by atomic mass is 35.5. The van der Waals surface area contributed by atoms with E-state index in [1.165, 1.54) is 23.5 Å². The van der Waals surface area contributed by atoms with Gasteiger partial charge in [0.2, 0.25) is 0 Å². The van der Waals surface area contributed by atoms with Crippen molar-refractivity contribution >= 4 is 22.9 Å². The maximum atomic E-state index is 13.4. The second-order valence-electron chi connectivity index (χ2n) is 4.66. The molecule has 2 unspecified atom stereocenters. The summed E-state index contributed by atoms with van der Waals surface area (Å²) in [4.78, 5) is 0.952. The van der Waals surface area contributed by atoms with Crippen molar-refractivity contribution in [2.45, 2.75) is 32.4 Å². The minimum atomic E-state index is -0.321. The Bertz CT molecular complexity index is 587. The van der Waals surface area contributed by atoms with Crippen molar-refractivity contribution in [3.8, 4) is 5.75 Å². The third-order valence-corrected chi connectivity index (χ3v) is 4.43. The molecule has 0 fully saturated rings. The van der Waals surface area contributed by atoms with Crippen LogP contribution in [0.2, 0.25) is 4.34 Å². The molecule has 0 aliphatic rings. The van der Waals surface area contributed by atoms with E-state index in [9.17, 15) is 4.39 Å². The van der Waals surface area contributed by atoms with E-state index in [1.807, 2.05) is 26.0 Å². The fraction of sp³-hybridized carbons (Fsp3) is 0.333. The van der Waals surface area contributed by atoms with Gasteiger partial charge in [0, 0.05) is 17.0 Å². The number of hydrogen-bond acceptors (Lipinski definition) is 3. The van der Waals surface area contributed by atoms with Gasteiger partial charge in [-0.25, -0.2) is 4.39 Å². The number of rotatable bonds is 5. The first-order valence-electron chi connectivity index (χ1n) is 6.45. The zero-order chi connectivity index (χ0) is 14.7. The number of halogens is 2. The molecule has 0 radical (unpaired) electrons. The van der Waals surface area contributed by atoms with Crippen LogP contribution in [0.3, 0.4) is 0 Å². The highest BCUT2D eigenvalue weighted by Gasteiger charge is 2.23. The van der Waals surface area contributed by atoms with E-state index in [4.69, 9.17) is 22.1 Å². The molecule has 0 aliphatic heterocycles. The van der Waals surface area contributed by atoms with Gasteiger partial charge in [0.15, 0.2) is 0 Å². The second-order valence-corrected chi connectivity index (χ2v) is 6.41. The van der Waals surface area contributed by atoms with Gasteiger partial charge in [0.05, 0.1) is 4.34 Å². The lowest BCUT2D eigenvalue weighted by Crippen LogP contribution is -2.31. The van der Waals surface area contributed by atoms with Gasteiger partial charge >= 0.3 is 0 Å². The fourth-order valence-corrected chi connectivity index (χ4v) is 3.06. The Labute approximate surface area is 127 Å². The van der Waals surface area contributed by atoms with Gasteiger partial charge in [-0.2, -0.15) is 0 Å². The van der Waals surface area contributed by atoms with Crippen molar-refractivity contribution in [1.29, 1.82) is 0 Å². The first-order valence-corrected chi connectivity index (χ1v) is 7.64. The Hall–Kier alpha value is -1.10. The summed E-state index contributed by atoms with van der Waals surface area (Å²) in [6, 6.07) is 8.05. The molecule has 2 atom stereocenters. The number of hydrogen-bond donors (Lipinski definition) is 1. The Balaban J connectivity index is 2.30. The predicted molar refractivity (Wildman–Crippen MR) is 82.1 cm³/mol. The number of benzene rings is 1. The van der Waals surface area contributed by atoms with Crippen LogP contribution in [0, 0.1) is 12.7 Å². The summed E-state index contributed by atoms with van der Waals surface area (Å²) in [6.45, 7) is 3.87. The molecule has 1 aromatic heterocycles. The zero-order valence-electron chi connectivity index (χ0n) is 11.4. The van der Waals surface area contributed by atoms with E-state index in [0.717, 1.165) is 16.9 Å². The van der Waals surface area contributed by atoms with Crippen LogP contribution in [0.1, 0.15) is 29.9 Å². The lowest BCUT2D eigenvalue weighted by Gasteiger charge is -2.24. The smallest absolute Gasteiger partial charge is 0.148 e. The van der Waals surface area contributed by atoms with Gasteiger partial charge < -0.3 is 10.5 Å². The molecule has 0 spiro atoms. The Morgan fingerprint density at radius 1 is 1.35 bits per heavy atom. The fourth-order valence-electron chi connectivity index (χ4n) is 1.89. The third-order valence-electron chi connectivity index (χ3n) is 3.14. The maximum absolute atomic E-state index is 13.4. The van der Waals surface area contributed by atoms with Crippen LogP contribution in [0.15, 0.2) is 30.3 Å². The van der Waals surface area contributed by atoms with E-state index >= 15 is 0 Å². The minimum absolute atomic E-state index is 0.174. The van der Waals surface area contributed by atoms with Gasteiger partial charge in [-0.3, -0.25) is 0 Å². The molecule has 1 heterocycles. The van der Waals surface area contributed by atoms with Crippen LogP contribution >= 0.6 is 22.9 Å². The van der Waals surface area contributed by atoms with Crippen molar-refractivity contribution in [3.63, 3.8) is 0 Å². The predicted octanol–water partition coefficient (Wildman–Crippen LogP) is 4.71. The van der Waals surface area contributed by atoms with Crippen LogP contribution in [0.5, 0.6) is 5.75 Å². The molecule has 2 aromatic rings. The molecule has 108 valence electrons. The Kier molecular flexibility index (Phi) is 5.02. The van der Waals surface area contributed by atoms with Gasteiger partial charge in [-0.1, -0.05) is 24.6 Å². The largest absolute Gasteiger partial charge is 0.483 e. The van der Waals surface area contributed by atoms with Gasteiger partial charge in [0.25, 0.3) is 0 Å². The monoisotopic (exact) mass is 313 g/mol. The van der Waals surface area contributed by atoms with Crippen LogP contribution in [0.25, 0.3) is 0 Å².